The summed E-state index contributed by atoms with van der Waals surface area (Å²) in [5.41, 5.74) is 0. The van der Waals surface area contributed by atoms with Crippen LogP contribution in [0.3, 0.4) is 0 Å². The van der Waals surface area contributed by atoms with Gasteiger partial charge in [-0.05, 0) is 0 Å². The molecular formula is H7AlCaMoSn. The van der Waals surface area contributed by atoms with Crippen molar-refractivity contribution < 1.29 is 23.9 Å². The van der Waals surface area contributed by atoms with E-state index in [4.69, 9.17) is 0 Å². The van der Waals surface area contributed by atoms with Crippen molar-refractivity contribution in [3.63, 3.8) is 0 Å². The molecule has 0 nitrogen and oxygen atoms in total. The molecule has 0 amide bonds. The first-order valence-electron chi connectivity index (χ1n) is 0. The second-order valence-electron chi connectivity index (χ2n) is 0. The maximum absolute atomic E-state index is 0. The molecule has 0 bridgehead atoms. The van der Waals surface area contributed by atoms with Crippen molar-refractivity contribution in [1.29, 1.82) is 0 Å². The zero-order valence-corrected chi connectivity index (χ0v) is 10.1. The molecule has 0 saturated carbocycles. The molecule has 4 heteroatoms. The van der Waals surface area contributed by atoms with Crippen LogP contribution in [0.5, 0.6) is 0 Å². The predicted octanol–water partition coefficient (Wildman–Crippen LogP) is -2.26. The molecule has 0 rings (SSSR count). The third kappa shape index (κ3) is 8.99. The Labute approximate surface area is 101 Å². The number of hydrogen-bond donors (Lipinski definition) is 0. The molecule has 0 aromatic carbocycles. The first kappa shape index (κ1) is 26.7. The van der Waals surface area contributed by atoms with E-state index in [0.29, 0.717) is 0 Å². The van der Waals surface area contributed by atoms with Gasteiger partial charge in [0.2, 0.25) is 0 Å². The Hall–Kier alpha value is 3.28. The SMILES string of the molecule is [AlH3].[Ca+2].[H-].[H-].[Mo].[SnH2]. The van der Waals surface area contributed by atoms with E-state index in [1.807, 2.05) is 0 Å². The molecule has 2 radical (unpaired) electrons. The summed E-state index contributed by atoms with van der Waals surface area (Å²) in [6, 6.07) is 0. The van der Waals surface area contributed by atoms with Gasteiger partial charge in [-0.15, -0.1) is 0 Å². The van der Waals surface area contributed by atoms with Crippen molar-refractivity contribution in [2.45, 2.75) is 0 Å². The van der Waals surface area contributed by atoms with E-state index in [1.54, 1.807) is 0 Å². The Morgan fingerprint density at radius 3 is 1.25 bits per heavy atom. The van der Waals surface area contributed by atoms with Crippen LogP contribution in [0, 0.1) is 0 Å². The van der Waals surface area contributed by atoms with E-state index in [1.165, 1.54) is 0 Å². The van der Waals surface area contributed by atoms with Gasteiger partial charge in [0.15, 0.2) is 17.4 Å². The van der Waals surface area contributed by atoms with E-state index >= 15 is 0 Å². The Balaban J connectivity index is 0. The summed E-state index contributed by atoms with van der Waals surface area (Å²) in [5.74, 6) is 0. The Bertz CT molecular complexity index is 13.5. The molecule has 0 aliphatic heterocycles. The van der Waals surface area contributed by atoms with Crippen LogP contribution in [-0.4, -0.2) is 79.0 Å². The second-order valence-corrected chi connectivity index (χ2v) is 0. The van der Waals surface area contributed by atoms with Gasteiger partial charge in [0.1, 0.15) is 0 Å². The Kier molecular flexibility index (Phi) is 109. The fraction of sp³-hybridized carbons (Fsp3) is 0. The van der Waals surface area contributed by atoms with Gasteiger partial charge in [-0.2, -0.15) is 0 Å². The van der Waals surface area contributed by atoms with Crippen molar-refractivity contribution in [2.75, 3.05) is 0 Å². The van der Waals surface area contributed by atoms with Gasteiger partial charge >= 0.3 is 61.6 Å². The molecule has 0 unspecified atom stereocenters. The van der Waals surface area contributed by atoms with Crippen molar-refractivity contribution >= 4 is 79.0 Å². The van der Waals surface area contributed by atoms with Crippen molar-refractivity contribution in [3.05, 3.63) is 0 Å². The van der Waals surface area contributed by atoms with E-state index in [9.17, 15) is 0 Å². The first-order valence-corrected chi connectivity index (χ1v) is 0. The zero-order valence-electron chi connectivity index (χ0n) is 3.82. The maximum atomic E-state index is 0. The Morgan fingerprint density at radius 1 is 1.25 bits per heavy atom. The van der Waals surface area contributed by atoms with Crippen molar-refractivity contribution in [1.82, 2.24) is 0 Å². The van der Waals surface area contributed by atoms with Crippen LogP contribution in [0.1, 0.15) is 2.85 Å². The summed E-state index contributed by atoms with van der Waals surface area (Å²) in [6.45, 7) is 0. The predicted molar refractivity (Wildman–Crippen MR) is 26.5 cm³/mol. The minimum atomic E-state index is 0. The van der Waals surface area contributed by atoms with Crippen molar-refractivity contribution in [2.24, 2.45) is 0 Å². The molecule has 0 spiro atoms. The average molecular weight is 289 g/mol. The van der Waals surface area contributed by atoms with Crippen molar-refractivity contribution in [3.8, 4) is 0 Å². The van der Waals surface area contributed by atoms with Gasteiger partial charge in [-0.25, -0.2) is 0 Å². The minimum absolute atomic E-state index is 0. The van der Waals surface area contributed by atoms with Crippen LogP contribution in [0.25, 0.3) is 0 Å². The zero-order chi connectivity index (χ0) is 0. The standard InChI is InChI=1S/Al.Ca.Mo.Sn.7H/q;+2;;;;;;;;2*-1. The fourth-order valence-corrected chi connectivity index (χ4v) is 0. The molecule has 0 N–H and O–H groups in total. The topological polar surface area (TPSA) is 0 Å². The van der Waals surface area contributed by atoms with E-state index in [-0.39, 0.29) is 103 Å². The molecule has 0 aromatic rings. The van der Waals surface area contributed by atoms with Gasteiger partial charge in [-0.3, -0.25) is 0 Å². The monoisotopic (exact) mass is 292 g/mol. The molecular weight excluding hydrogens is 282 g/mol. The molecule has 0 aliphatic carbocycles. The van der Waals surface area contributed by atoms with Gasteiger partial charge in [0.05, 0.1) is 0 Å². The van der Waals surface area contributed by atoms with Gasteiger partial charge in [0, 0.05) is 21.1 Å². The average Bonchev–Trinajstić information content (AvgIpc) is 0. The molecule has 4 heavy (non-hydrogen) atoms. The molecule has 0 atom stereocenters. The van der Waals surface area contributed by atoms with Crippen LogP contribution in [0.4, 0.5) is 0 Å². The summed E-state index contributed by atoms with van der Waals surface area (Å²) >= 11 is 0. The third-order valence-corrected chi connectivity index (χ3v) is 0. The quantitative estimate of drug-likeness (QED) is 0.442. The van der Waals surface area contributed by atoms with Crippen LogP contribution >= 0.6 is 0 Å². The number of hydrogen-bond acceptors (Lipinski definition) is 0. The first-order chi connectivity index (χ1) is 0. The van der Waals surface area contributed by atoms with Gasteiger partial charge < -0.3 is 2.85 Å². The summed E-state index contributed by atoms with van der Waals surface area (Å²) in [7, 11) is 0. The molecule has 0 aromatic heterocycles. The third-order valence-electron chi connectivity index (χ3n) is 0. The molecule has 0 heterocycles. The van der Waals surface area contributed by atoms with E-state index in [2.05, 4.69) is 0 Å². The summed E-state index contributed by atoms with van der Waals surface area (Å²) < 4.78 is 0. The Morgan fingerprint density at radius 2 is 1.25 bits per heavy atom. The molecule has 0 fully saturated rings. The van der Waals surface area contributed by atoms with Crippen LogP contribution in [0.15, 0.2) is 0 Å². The van der Waals surface area contributed by atoms with E-state index in [0.717, 1.165) is 0 Å². The van der Waals surface area contributed by atoms with Crippen LogP contribution < -0.4 is 0 Å². The number of rotatable bonds is 0. The van der Waals surface area contributed by atoms with E-state index < -0.39 is 0 Å². The van der Waals surface area contributed by atoms with Crippen LogP contribution in [0.2, 0.25) is 0 Å². The second kappa shape index (κ2) is 16.3. The van der Waals surface area contributed by atoms with Gasteiger partial charge in [0.25, 0.3) is 0 Å². The normalized spacial score (nSPS) is 0. The molecule has 0 saturated heterocycles. The summed E-state index contributed by atoms with van der Waals surface area (Å²) in [4.78, 5) is 0. The van der Waals surface area contributed by atoms with Gasteiger partial charge in [-0.1, -0.05) is 0 Å². The summed E-state index contributed by atoms with van der Waals surface area (Å²) in [6.07, 6.45) is 0. The molecule has 0 aliphatic rings. The summed E-state index contributed by atoms with van der Waals surface area (Å²) in [5, 5.41) is 0. The van der Waals surface area contributed by atoms with Crippen LogP contribution in [-0.2, 0) is 21.1 Å². The fourth-order valence-electron chi connectivity index (χ4n) is 0. The molecule has 22 valence electrons.